The molecule has 15 heavy (non-hydrogen) atoms. The molecule has 0 bridgehead atoms. The fourth-order valence-corrected chi connectivity index (χ4v) is 2.38. The van der Waals surface area contributed by atoms with Crippen molar-refractivity contribution in [1.29, 1.82) is 0 Å². The predicted molar refractivity (Wildman–Crippen MR) is 67.2 cm³/mol. The first kappa shape index (κ1) is 12.5. The minimum absolute atomic E-state index is 0.237. The molecule has 0 atom stereocenters. The summed E-state index contributed by atoms with van der Waals surface area (Å²) in [5.41, 5.74) is 6.70. The smallest absolute Gasteiger partial charge is 0.0539 e. The summed E-state index contributed by atoms with van der Waals surface area (Å²) in [5.74, 6) is 0. The average molecular weight is 224 g/mol. The molecular weight excluding hydrogens is 204 g/mol. The lowest BCUT2D eigenvalue weighted by molar-refractivity contribution is 0.780. The van der Waals surface area contributed by atoms with Gasteiger partial charge < -0.3 is 5.73 Å². The molecule has 1 rings (SSSR count). The Hall–Kier alpha value is -0.540. The van der Waals surface area contributed by atoms with Gasteiger partial charge in [0.15, 0.2) is 0 Å². The first-order valence-corrected chi connectivity index (χ1v) is 6.17. The molecule has 84 valence electrons. The van der Waals surface area contributed by atoms with E-state index in [0.717, 1.165) is 19.4 Å². The van der Waals surface area contributed by atoms with Crippen molar-refractivity contribution in [3.63, 3.8) is 0 Å². The van der Waals surface area contributed by atoms with Gasteiger partial charge in [-0.1, -0.05) is 20.8 Å². The summed E-state index contributed by atoms with van der Waals surface area (Å²) in [6.07, 6.45) is 3.85. The third-order valence-electron chi connectivity index (χ3n) is 1.88. The fraction of sp³-hybridized carbons (Fsp3) is 0.583. The molecule has 0 saturated carbocycles. The van der Waals surface area contributed by atoms with Crippen molar-refractivity contribution in [2.24, 2.45) is 5.73 Å². The van der Waals surface area contributed by atoms with E-state index in [2.05, 4.69) is 31.8 Å². The van der Waals surface area contributed by atoms with Gasteiger partial charge in [0.2, 0.25) is 0 Å². The zero-order valence-electron chi connectivity index (χ0n) is 9.79. The van der Waals surface area contributed by atoms with Crippen LogP contribution in [-0.2, 0) is 6.42 Å². The zero-order chi connectivity index (χ0) is 11.3. The van der Waals surface area contributed by atoms with Crippen LogP contribution in [0.1, 0.15) is 32.9 Å². The highest BCUT2D eigenvalue weighted by molar-refractivity contribution is 8.00. The molecule has 1 aromatic rings. The number of nitrogens with two attached hydrogens (primary N) is 1. The standard InChI is InChI=1S/C12H20N2S/c1-12(2,3)15-11-7-5-9-14-10(11)6-4-8-13/h5,7,9H,4,6,8,13H2,1-3H3. The summed E-state index contributed by atoms with van der Waals surface area (Å²) < 4.78 is 0.237. The van der Waals surface area contributed by atoms with Crippen LogP contribution < -0.4 is 5.73 Å². The topological polar surface area (TPSA) is 38.9 Å². The molecule has 0 fully saturated rings. The van der Waals surface area contributed by atoms with Gasteiger partial charge in [-0.2, -0.15) is 0 Å². The number of hydrogen-bond acceptors (Lipinski definition) is 3. The van der Waals surface area contributed by atoms with Crippen LogP contribution in [0.15, 0.2) is 23.2 Å². The third kappa shape index (κ3) is 4.67. The number of hydrogen-bond donors (Lipinski definition) is 1. The van der Waals surface area contributed by atoms with Crippen molar-refractivity contribution in [1.82, 2.24) is 4.98 Å². The molecule has 3 heteroatoms. The summed E-state index contributed by atoms with van der Waals surface area (Å²) in [4.78, 5) is 5.71. The van der Waals surface area contributed by atoms with Crippen LogP contribution in [0.3, 0.4) is 0 Å². The molecule has 0 aliphatic rings. The highest BCUT2D eigenvalue weighted by Gasteiger charge is 2.14. The molecule has 1 heterocycles. The summed E-state index contributed by atoms with van der Waals surface area (Å²) >= 11 is 1.87. The maximum absolute atomic E-state index is 5.52. The van der Waals surface area contributed by atoms with E-state index in [4.69, 9.17) is 5.73 Å². The molecule has 1 aromatic heterocycles. The Balaban J connectivity index is 2.77. The van der Waals surface area contributed by atoms with Crippen molar-refractivity contribution in [2.45, 2.75) is 43.3 Å². The molecule has 0 saturated heterocycles. The van der Waals surface area contributed by atoms with Gasteiger partial charge in [0.1, 0.15) is 0 Å². The fourth-order valence-electron chi connectivity index (χ4n) is 1.30. The lowest BCUT2D eigenvalue weighted by Gasteiger charge is -2.19. The van der Waals surface area contributed by atoms with Crippen molar-refractivity contribution >= 4 is 11.8 Å². The van der Waals surface area contributed by atoms with E-state index in [-0.39, 0.29) is 4.75 Å². The molecule has 0 spiro atoms. The second-order valence-corrected chi connectivity index (χ2v) is 6.42. The summed E-state index contributed by atoms with van der Waals surface area (Å²) in [7, 11) is 0. The second-order valence-electron chi connectivity index (χ2n) is 4.55. The van der Waals surface area contributed by atoms with Crippen LogP contribution in [0.2, 0.25) is 0 Å². The minimum Gasteiger partial charge on any atom is -0.330 e. The lowest BCUT2D eigenvalue weighted by Crippen LogP contribution is -2.09. The SMILES string of the molecule is CC(C)(C)Sc1cccnc1CCCN. The number of aryl methyl sites for hydroxylation is 1. The predicted octanol–water partition coefficient (Wildman–Crippen LogP) is 2.86. The number of rotatable bonds is 4. The molecular formula is C12H20N2S. The maximum Gasteiger partial charge on any atom is 0.0539 e. The molecule has 0 aromatic carbocycles. The highest BCUT2D eigenvalue weighted by atomic mass is 32.2. The van der Waals surface area contributed by atoms with Crippen molar-refractivity contribution < 1.29 is 0 Å². The Bertz CT molecular complexity index is 305. The van der Waals surface area contributed by atoms with Crippen LogP contribution in [0.25, 0.3) is 0 Å². The Labute approximate surface area is 96.7 Å². The summed E-state index contributed by atoms with van der Waals surface area (Å²) in [6, 6.07) is 4.15. The van der Waals surface area contributed by atoms with Gasteiger partial charge in [-0.3, -0.25) is 4.98 Å². The van der Waals surface area contributed by atoms with Gasteiger partial charge in [-0.25, -0.2) is 0 Å². The van der Waals surface area contributed by atoms with Crippen molar-refractivity contribution in [3.8, 4) is 0 Å². The van der Waals surface area contributed by atoms with Crippen molar-refractivity contribution in [3.05, 3.63) is 24.0 Å². The number of pyridine rings is 1. The van der Waals surface area contributed by atoms with Crippen LogP contribution in [0.4, 0.5) is 0 Å². The number of thioether (sulfide) groups is 1. The van der Waals surface area contributed by atoms with Gasteiger partial charge in [0.05, 0.1) is 5.69 Å². The van der Waals surface area contributed by atoms with Crippen LogP contribution in [0, 0.1) is 0 Å². The Morgan fingerprint density at radius 2 is 2.13 bits per heavy atom. The molecule has 0 radical (unpaired) electrons. The first-order chi connectivity index (χ1) is 7.03. The molecule has 0 unspecified atom stereocenters. The maximum atomic E-state index is 5.52. The van der Waals surface area contributed by atoms with E-state index in [0.29, 0.717) is 0 Å². The largest absolute Gasteiger partial charge is 0.330 e. The number of nitrogens with zero attached hydrogens (tertiary/aromatic N) is 1. The lowest BCUT2D eigenvalue weighted by atomic mass is 10.2. The van der Waals surface area contributed by atoms with E-state index in [1.54, 1.807) is 0 Å². The van der Waals surface area contributed by atoms with E-state index >= 15 is 0 Å². The van der Waals surface area contributed by atoms with E-state index in [1.165, 1.54) is 10.6 Å². The number of aromatic nitrogens is 1. The third-order valence-corrected chi connectivity index (χ3v) is 3.09. The highest BCUT2D eigenvalue weighted by Crippen LogP contribution is 2.33. The zero-order valence-corrected chi connectivity index (χ0v) is 10.6. The summed E-state index contributed by atoms with van der Waals surface area (Å²) in [5, 5.41) is 0. The van der Waals surface area contributed by atoms with Gasteiger partial charge in [0.25, 0.3) is 0 Å². The van der Waals surface area contributed by atoms with Gasteiger partial charge in [-0.15, -0.1) is 11.8 Å². The Kier molecular flexibility index (Phi) is 4.61. The Morgan fingerprint density at radius 1 is 1.40 bits per heavy atom. The Morgan fingerprint density at radius 3 is 2.73 bits per heavy atom. The van der Waals surface area contributed by atoms with E-state index in [9.17, 15) is 0 Å². The van der Waals surface area contributed by atoms with Gasteiger partial charge in [0, 0.05) is 15.8 Å². The van der Waals surface area contributed by atoms with E-state index in [1.807, 2.05) is 24.0 Å². The average Bonchev–Trinajstić information content (AvgIpc) is 2.14. The molecule has 2 nitrogen and oxygen atoms in total. The normalized spacial score (nSPS) is 11.7. The monoisotopic (exact) mass is 224 g/mol. The molecule has 0 amide bonds. The summed E-state index contributed by atoms with van der Waals surface area (Å²) in [6.45, 7) is 7.39. The van der Waals surface area contributed by atoms with Gasteiger partial charge in [-0.05, 0) is 31.5 Å². The molecule has 0 aliphatic heterocycles. The minimum atomic E-state index is 0.237. The van der Waals surface area contributed by atoms with Crippen LogP contribution >= 0.6 is 11.8 Å². The quantitative estimate of drug-likeness (QED) is 0.799. The first-order valence-electron chi connectivity index (χ1n) is 5.36. The van der Waals surface area contributed by atoms with Crippen molar-refractivity contribution in [2.75, 3.05) is 6.54 Å². The van der Waals surface area contributed by atoms with Gasteiger partial charge >= 0.3 is 0 Å². The second kappa shape index (κ2) is 5.52. The molecule has 2 N–H and O–H groups in total. The molecule has 0 aliphatic carbocycles. The van der Waals surface area contributed by atoms with Crippen LogP contribution in [-0.4, -0.2) is 16.3 Å². The van der Waals surface area contributed by atoms with E-state index < -0.39 is 0 Å². The van der Waals surface area contributed by atoms with Crippen LogP contribution in [0.5, 0.6) is 0 Å².